The number of nitriles is 1. The molecule has 3 N–H and O–H groups in total. The predicted octanol–water partition coefficient (Wildman–Crippen LogP) is 3.91. The fourth-order valence-electron chi connectivity index (χ4n) is 3.56. The first-order chi connectivity index (χ1) is 14.6. The van der Waals surface area contributed by atoms with E-state index in [4.69, 9.17) is 19.9 Å². The number of nitrogens with two attached hydrogens (primary N) is 1. The first kappa shape index (κ1) is 19.4. The Morgan fingerprint density at radius 2 is 1.97 bits per heavy atom. The molecule has 1 aliphatic rings. The van der Waals surface area contributed by atoms with E-state index in [9.17, 15) is 5.26 Å². The van der Waals surface area contributed by atoms with Crippen molar-refractivity contribution in [3.8, 4) is 23.4 Å². The minimum absolute atomic E-state index is 0.0591. The minimum atomic E-state index is -0.403. The summed E-state index contributed by atoms with van der Waals surface area (Å²) < 4.78 is 17.4. The number of aromatic nitrogens is 2. The Morgan fingerprint density at radius 3 is 2.70 bits per heavy atom. The highest BCUT2D eigenvalue weighted by Crippen LogP contribution is 2.44. The first-order valence-corrected chi connectivity index (χ1v) is 9.68. The number of H-pyrrole nitrogens is 1. The molecule has 1 aromatic heterocycles. The second-order valence-corrected chi connectivity index (χ2v) is 6.91. The molecule has 7 nitrogen and oxygen atoms in total. The Bertz CT molecular complexity index is 1130. The molecule has 152 valence electrons. The Morgan fingerprint density at radius 1 is 1.17 bits per heavy atom. The van der Waals surface area contributed by atoms with E-state index in [1.54, 1.807) is 0 Å². The summed E-state index contributed by atoms with van der Waals surface area (Å²) >= 11 is 0. The average molecular weight is 402 g/mol. The number of aryl methyl sites for hydroxylation is 1. The SMILES string of the molecule is CCOc1cc([C@@H]2C(C#N)=C(N)Oc3n[nH]c(C)c32)ccc1OCc1ccccc1. The van der Waals surface area contributed by atoms with Crippen LogP contribution in [-0.4, -0.2) is 16.8 Å². The molecular formula is C23H22N4O3. The van der Waals surface area contributed by atoms with E-state index in [1.807, 2.05) is 62.4 Å². The molecule has 0 aliphatic carbocycles. The molecule has 3 aromatic rings. The fraction of sp³-hybridized carbons (Fsp3) is 0.217. The predicted molar refractivity (Wildman–Crippen MR) is 111 cm³/mol. The summed E-state index contributed by atoms with van der Waals surface area (Å²) in [5.41, 5.74) is 9.87. The van der Waals surface area contributed by atoms with Crippen LogP contribution in [0.3, 0.4) is 0 Å². The molecule has 0 saturated heterocycles. The Labute approximate surface area is 174 Å². The molecule has 2 aromatic carbocycles. The molecule has 1 atom stereocenters. The van der Waals surface area contributed by atoms with Gasteiger partial charge < -0.3 is 19.9 Å². The van der Waals surface area contributed by atoms with Crippen molar-refractivity contribution in [2.24, 2.45) is 5.73 Å². The van der Waals surface area contributed by atoms with E-state index in [0.717, 1.165) is 22.4 Å². The van der Waals surface area contributed by atoms with Gasteiger partial charge >= 0.3 is 0 Å². The van der Waals surface area contributed by atoms with Crippen LogP contribution >= 0.6 is 0 Å². The van der Waals surface area contributed by atoms with Crippen LogP contribution in [0.5, 0.6) is 17.4 Å². The van der Waals surface area contributed by atoms with Crippen molar-refractivity contribution in [1.29, 1.82) is 5.26 Å². The van der Waals surface area contributed by atoms with Crippen molar-refractivity contribution >= 4 is 0 Å². The second-order valence-electron chi connectivity index (χ2n) is 6.91. The molecule has 4 rings (SSSR count). The van der Waals surface area contributed by atoms with Crippen LogP contribution in [0, 0.1) is 18.3 Å². The molecule has 30 heavy (non-hydrogen) atoms. The summed E-state index contributed by atoms with van der Waals surface area (Å²) in [5, 5.41) is 16.8. The van der Waals surface area contributed by atoms with Crippen LogP contribution in [0.15, 0.2) is 60.0 Å². The molecule has 7 heteroatoms. The number of ether oxygens (including phenoxy) is 3. The van der Waals surface area contributed by atoms with Crippen LogP contribution in [0.25, 0.3) is 0 Å². The van der Waals surface area contributed by atoms with Crippen LogP contribution in [0.4, 0.5) is 0 Å². The largest absolute Gasteiger partial charge is 0.490 e. The van der Waals surface area contributed by atoms with Gasteiger partial charge in [-0.2, -0.15) is 5.26 Å². The monoisotopic (exact) mass is 402 g/mol. The fourth-order valence-corrected chi connectivity index (χ4v) is 3.56. The number of hydrogen-bond acceptors (Lipinski definition) is 6. The summed E-state index contributed by atoms with van der Waals surface area (Å²) in [6.07, 6.45) is 0. The third-order valence-electron chi connectivity index (χ3n) is 4.97. The normalized spacial score (nSPS) is 15.2. The number of nitrogens with one attached hydrogen (secondary N) is 1. The third kappa shape index (κ3) is 3.55. The standard InChI is InChI=1S/C23H22N4O3/c1-3-28-19-11-16(9-10-18(19)29-13-15-7-5-4-6-8-15)21-17(12-24)22(25)30-23-20(21)14(2)26-27-23/h4-11,21H,3,13,25H2,1-2H3,(H,26,27)/t21-/m1/s1. The lowest BCUT2D eigenvalue weighted by Crippen LogP contribution is -2.21. The number of benzene rings is 2. The van der Waals surface area contributed by atoms with Crippen LogP contribution < -0.4 is 19.9 Å². The van der Waals surface area contributed by atoms with Crippen LogP contribution in [0.1, 0.15) is 35.2 Å². The average Bonchev–Trinajstić information content (AvgIpc) is 3.12. The molecule has 0 amide bonds. The zero-order chi connectivity index (χ0) is 21.1. The third-order valence-corrected chi connectivity index (χ3v) is 4.97. The van der Waals surface area contributed by atoms with E-state index >= 15 is 0 Å². The molecule has 1 aliphatic heterocycles. The highest BCUT2D eigenvalue weighted by molar-refractivity contribution is 5.57. The van der Waals surface area contributed by atoms with Crippen LogP contribution in [-0.2, 0) is 6.61 Å². The van der Waals surface area contributed by atoms with Crippen molar-refractivity contribution in [3.05, 3.63) is 82.4 Å². The maximum Gasteiger partial charge on any atom is 0.244 e. The first-order valence-electron chi connectivity index (χ1n) is 9.68. The quantitative estimate of drug-likeness (QED) is 0.647. The maximum atomic E-state index is 9.73. The van der Waals surface area contributed by atoms with E-state index in [2.05, 4.69) is 16.3 Å². The van der Waals surface area contributed by atoms with Crippen molar-refractivity contribution in [2.45, 2.75) is 26.4 Å². The zero-order valence-corrected chi connectivity index (χ0v) is 16.8. The number of fused-ring (bicyclic) bond motifs is 1. The maximum absolute atomic E-state index is 9.73. The Hall–Kier alpha value is -3.92. The van der Waals surface area contributed by atoms with Gasteiger partial charge in [-0.3, -0.25) is 5.10 Å². The van der Waals surface area contributed by atoms with Gasteiger partial charge in [-0.15, -0.1) is 5.10 Å². The Balaban J connectivity index is 1.71. The lowest BCUT2D eigenvalue weighted by atomic mass is 9.84. The number of rotatable bonds is 6. The highest BCUT2D eigenvalue weighted by Gasteiger charge is 2.34. The summed E-state index contributed by atoms with van der Waals surface area (Å²) in [4.78, 5) is 0. The number of allylic oxidation sites excluding steroid dienone is 1. The van der Waals surface area contributed by atoms with Crippen molar-refractivity contribution in [2.75, 3.05) is 6.61 Å². The minimum Gasteiger partial charge on any atom is -0.490 e. The topological polar surface area (TPSA) is 106 Å². The summed E-state index contributed by atoms with van der Waals surface area (Å²) in [6.45, 7) is 4.72. The molecule has 0 bridgehead atoms. The lowest BCUT2D eigenvalue weighted by molar-refractivity contribution is 0.269. The van der Waals surface area contributed by atoms with E-state index < -0.39 is 5.92 Å². The molecular weight excluding hydrogens is 380 g/mol. The van der Waals surface area contributed by atoms with Crippen molar-refractivity contribution < 1.29 is 14.2 Å². The van der Waals surface area contributed by atoms with Gasteiger partial charge in [-0.1, -0.05) is 36.4 Å². The number of aromatic amines is 1. The summed E-state index contributed by atoms with van der Waals surface area (Å²) in [5.74, 6) is 1.28. The van der Waals surface area contributed by atoms with E-state index in [1.165, 1.54) is 0 Å². The number of hydrogen-bond donors (Lipinski definition) is 2. The summed E-state index contributed by atoms with van der Waals surface area (Å²) in [7, 11) is 0. The molecule has 0 spiro atoms. The van der Waals surface area contributed by atoms with Crippen LogP contribution in [0.2, 0.25) is 0 Å². The van der Waals surface area contributed by atoms with Gasteiger partial charge in [0.25, 0.3) is 0 Å². The van der Waals surface area contributed by atoms with Gasteiger partial charge in [-0.05, 0) is 37.1 Å². The van der Waals surface area contributed by atoms with Gasteiger partial charge in [0.1, 0.15) is 18.2 Å². The van der Waals surface area contributed by atoms with Crippen molar-refractivity contribution in [3.63, 3.8) is 0 Å². The Kier molecular flexibility index (Phi) is 5.31. The van der Waals surface area contributed by atoms with Gasteiger partial charge in [0.05, 0.1) is 12.5 Å². The summed E-state index contributed by atoms with van der Waals surface area (Å²) in [6, 6.07) is 17.8. The van der Waals surface area contributed by atoms with Gasteiger partial charge in [-0.25, -0.2) is 0 Å². The lowest BCUT2D eigenvalue weighted by Gasteiger charge is -2.24. The molecule has 0 radical (unpaired) electrons. The second kappa shape index (κ2) is 8.21. The van der Waals surface area contributed by atoms with Gasteiger partial charge in [0, 0.05) is 11.3 Å². The smallest absolute Gasteiger partial charge is 0.244 e. The molecule has 0 unspecified atom stereocenters. The van der Waals surface area contributed by atoms with Gasteiger partial charge in [0.15, 0.2) is 11.5 Å². The molecule has 0 fully saturated rings. The highest BCUT2D eigenvalue weighted by atomic mass is 16.5. The zero-order valence-electron chi connectivity index (χ0n) is 16.8. The van der Waals surface area contributed by atoms with E-state index in [0.29, 0.717) is 36.2 Å². The van der Waals surface area contributed by atoms with Crippen molar-refractivity contribution in [1.82, 2.24) is 10.2 Å². The van der Waals surface area contributed by atoms with Gasteiger partial charge in [0.2, 0.25) is 11.8 Å². The molecule has 2 heterocycles. The van der Waals surface area contributed by atoms with E-state index in [-0.39, 0.29) is 5.88 Å². The molecule has 0 saturated carbocycles. The number of nitrogens with zero attached hydrogens (tertiary/aromatic N) is 2.